The van der Waals surface area contributed by atoms with E-state index in [4.69, 9.17) is 11.6 Å². The van der Waals surface area contributed by atoms with Gasteiger partial charge in [0.25, 0.3) is 0 Å². The molecule has 0 fully saturated rings. The van der Waals surface area contributed by atoms with Crippen LogP contribution in [0.2, 0.25) is 0 Å². The molecule has 17 heavy (non-hydrogen) atoms. The van der Waals surface area contributed by atoms with Gasteiger partial charge in [0.05, 0.1) is 5.38 Å². The summed E-state index contributed by atoms with van der Waals surface area (Å²) < 4.78 is 2.08. The van der Waals surface area contributed by atoms with E-state index in [0.717, 1.165) is 20.9 Å². The van der Waals surface area contributed by atoms with E-state index in [0.29, 0.717) is 0 Å². The SMILES string of the molecule is ClC(Cc1ccccc1)c1cc(Br)cc(Br)c1. The van der Waals surface area contributed by atoms with Crippen LogP contribution in [0.4, 0.5) is 0 Å². The topological polar surface area (TPSA) is 0 Å². The minimum Gasteiger partial charge on any atom is -0.117 e. The molecular weight excluding hydrogens is 363 g/mol. The van der Waals surface area contributed by atoms with Crippen molar-refractivity contribution in [3.8, 4) is 0 Å². The highest BCUT2D eigenvalue weighted by Gasteiger charge is 2.10. The first kappa shape index (κ1) is 13.1. The largest absolute Gasteiger partial charge is 0.117 e. The minimum atomic E-state index is -0.00815. The average molecular weight is 375 g/mol. The fraction of sp³-hybridized carbons (Fsp3) is 0.143. The highest BCUT2D eigenvalue weighted by molar-refractivity contribution is 9.11. The van der Waals surface area contributed by atoms with Crippen molar-refractivity contribution in [2.24, 2.45) is 0 Å². The summed E-state index contributed by atoms with van der Waals surface area (Å²) in [4.78, 5) is 0. The van der Waals surface area contributed by atoms with Crippen molar-refractivity contribution in [2.75, 3.05) is 0 Å². The molecule has 3 heteroatoms. The Balaban J connectivity index is 2.17. The van der Waals surface area contributed by atoms with Crippen LogP contribution < -0.4 is 0 Å². The van der Waals surface area contributed by atoms with Gasteiger partial charge >= 0.3 is 0 Å². The number of hydrogen-bond donors (Lipinski definition) is 0. The average Bonchev–Trinajstić information content (AvgIpc) is 2.29. The fourth-order valence-corrected chi connectivity index (χ4v) is 3.33. The standard InChI is InChI=1S/C14H11Br2Cl/c15-12-7-11(8-13(16)9-12)14(17)6-10-4-2-1-3-5-10/h1-5,7-9,14H,6H2. The van der Waals surface area contributed by atoms with Crippen molar-refractivity contribution in [1.29, 1.82) is 0 Å². The molecular formula is C14H11Br2Cl. The Morgan fingerprint density at radius 1 is 0.941 bits per heavy atom. The lowest BCUT2D eigenvalue weighted by Gasteiger charge is -2.11. The van der Waals surface area contributed by atoms with Crippen LogP contribution in [0.3, 0.4) is 0 Å². The lowest BCUT2D eigenvalue weighted by Crippen LogP contribution is -1.96. The van der Waals surface area contributed by atoms with Crippen LogP contribution in [-0.2, 0) is 6.42 Å². The van der Waals surface area contributed by atoms with Crippen LogP contribution in [0.5, 0.6) is 0 Å². The van der Waals surface area contributed by atoms with Gasteiger partial charge in [0.2, 0.25) is 0 Å². The van der Waals surface area contributed by atoms with Gasteiger partial charge in [-0.1, -0.05) is 62.2 Å². The molecule has 0 spiro atoms. The Labute approximate surface area is 123 Å². The Morgan fingerprint density at radius 2 is 1.53 bits per heavy atom. The van der Waals surface area contributed by atoms with E-state index in [9.17, 15) is 0 Å². The van der Waals surface area contributed by atoms with Crippen molar-refractivity contribution in [3.63, 3.8) is 0 Å². The maximum absolute atomic E-state index is 6.44. The first-order valence-corrected chi connectivity index (χ1v) is 7.31. The maximum Gasteiger partial charge on any atom is 0.0626 e. The third-order valence-corrected chi connectivity index (χ3v) is 3.83. The molecule has 0 heterocycles. The minimum absolute atomic E-state index is 0.00815. The predicted molar refractivity (Wildman–Crippen MR) is 80.6 cm³/mol. The number of rotatable bonds is 3. The van der Waals surface area contributed by atoms with Crippen molar-refractivity contribution in [2.45, 2.75) is 11.8 Å². The van der Waals surface area contributed by atoms with E-state index in [1.165, 1.54) is 5.56 Å². The van der Waals surface area contributed by atoms with Crippen LogP contribution in [-0.4, -0.2) is 0 Å². The highest BCUT2D eigenvalue weighted by atomic mass is 79.9. The van der Waals surface area contributed by atoms with Gasteiger partial charge in [-0.2, -0.15) is 0 Å². The molecule has 0 amide bonds. The first-order chi connectivity index (χ1) is 8.15. The van der Waals surface area contributed by atoms with Crippen LogP contribution in [0.15, 0.2) is 57.5 Å². The van der Waals surface area contributed by atoms with Gasteiger partial charge < -0.3 is 0 Å². The van der Waals surface area contributed by atoms with Gasteiger partial charge in [0, 0.05) is 8.95 Å². The Bertz CT molecular complexity index is 477. The lowest BCUT2D eigenvalue weighted by atomic mass is 10.0. The Hall–Kier alpha value is -0.310. The third kappa shape index (κ3) is 3.84. The molecule has 0 saturated heterocycles. The van der Waals surface area contributed by atoms with E-state index >= 15 is 0 Å². The molecule has 0 nitrogen and oxygen atoms in total. The molecule has 1 atom stereocenters. The summed E-state index contributed by atoms with van der Waals surface area (Å²) in [5.41, 5.74) is 2.38. The quantitative estimate of drug-likeness (QED) is 0.602. The van der Waals surface area contributed by atoms with E-state index in [1.54, 1.807) is 0 Å². The van der Waals surface area contributed by atoms with E-state index in [-0.39, 0.29) is 5.38 Å². The van der Waals surface area contributed by atoms with Crippen LogP contribution in [0.25, 0.3) is 0 Å². The summed E-state index contributed by atoms with van der Waals surface area (Å²) in [6.07, 6.45) is 0.839. The normalized spacial score (nSPS) is 12.4. The number of alkyl halides is 1. The maximum atomic E-state index is 6.44. The second kappa shape index (κ2) is 6.03. The smallest absolute Gasteiger partial charge is 0.0626 e. The summed E-state index contributed by atoms with van der Waals surface area (Å²) >= 11 is 13.4. The molecule has 0 aliphatic heterocycles. The summed E-state index contributed by atoms with van der Waals surface area (Å²) in [7, 11) is 0. The molecule has 2 aromatic carbocycles. The molecule has 0 aliphatic carbocycles. The van der Waals surface area contributed by atoms with E-state index in [2.05, 4.69) is 56.1 Å². The molecule has 0 radical (unpaired) electrons. The molecule has 0 aromatic heterocycles. The van der Waals surface area contributed by atoms with Gasteiger partial charge in [-0.3, -0.25) is 0 Å². The molecule has 2 aromatic rings. The van der Waals surface area contributed by atoms with Gasteiger partial charge in [-0.15, -0.1) is 11.6 Å². The number of halogens is 3. The zero-order valence-corrected chi connectivity index (χ0v) is 13.0. The molecule has 0 N–H and O–H groups in total. The van der Waals surface area contributed by atoms with Gasteiger partial charge in [0.15, 0.2) is 0 Å². The van der Waals surface area contributed by atoms with Crippen molar-refractivity contribution < 1.29 is 0 Å². The van der Waals surface area contributed by atoms with Gasteiger partial charge in [-0.05, 0) is 35.7 Å². The molecule has 1 unspecified atom stereocenters. The fourth-order valence-electron chi connectivity index (χ4n) is 1.69. The molecule has 0 saturated carbocycles. The van der Waals surface area contributed by atoms with Crippen molar-refractivity contribution in [3.05, 3.63) is 68.6 Å². The Morgan fingerprint density at radius 3 is 2.12 bits per heavy atom. The predicted octanol–water partition coefficient (Wildman–Crippen LogP) is 5.73. The summed E-state index contributed by atoms with van der Waals surface area (Å²) in [6.45, 7) is 0. The molecule has 0 bridgehead atoms. The van der Waals surface area contributed by atoms with Crippen LogP contribution in [0, 0.1) is 0 Å². The number of benzene rings is 2. The lowest BCUT2D eigenvalue weighted by molar-refractivity contribution is 0.918. The zero-order chi connectivity index (χ0) is 12.3. The summed E-state index contributed by atoms with van der Waals surface area (Å²) in [6, 6.07) is 16.4. The van der Waals surface area contributed by atoms with Crippen molar-refractivity contribution in [1.82, 2.24) is 0 Å². The summed E-state index contributed by atoms with van der Waals surface area (Å²) in [5, 5.41) is -0.00815. The second-order valence-corrected chi connectivity index (χ2v) is 6.22. The molecule has 2 rings (SSSR count). The van der Waals surface area contributed by atoms with E-state index in [1.807, 2.05) is 24.3 Å². The highest BCUT2D eigenvalue weighted by Crippen LogP contribution is 2.30. The van der Waals surface area contributed by atoms with Gasteiger partial charge in [0.1, 0.15) is 0 Å². The van der Waals surface area contributed by atoms with E-state index < -0.39 is 0 Å². The number of hydrogen-bond acceptors (Lipinski definition) is 0. The molecule has 0 aliphatic rings. The first-order valence-electron chi connectivity index (χ1n) is 5.29. The Kier molecular flexibility index (Phi) is 4.66. The molecule has 88 valence electrons. The van der Waals surface area contributed by atoms with Crippen LogP contribution >= 0.6 is 43.5 Å². The van der Waals surface area contributed by atoms with Gasteiger partial charge in [-0.25, -0.2) is 0 Å². The van der Waals surface area contributed by atoms with Crippen molar-refractivity contribution >= 4 is 43.5 Å². The summed E-state index contributed by atoms with van der Waals surface area (Å²) in [5.74, 6) is 0. The zero-order valence-electron chi connectivity index (χ0n) is 9.04. The van der Waals surface area contributed by atoms with Crippen LogP contribution in [0.1, 0.15) is 16.5 Å². The monoisotopic (exact) mass is 372 g/mol. The second-order valence-electron chi connectivity index (χ2n) is 3.86. The third-order valence-electron chi connectivity index (χ3n) is 2.50.